The summed E-state index contributed by atoms with van der Waals surface area (Å²) in [5, 5.41) is 2.44. The number of amides is 2. The topological polar surface area (TPSA) is 78.7 Å². The molecule has 0 aromatic heterocycles. The molecule has 3 rings (SSSR count). The average molecular weight is 316 g/mol. The number of nitrogens with one attached hydrogen (secondary N) is 1. The first-order valence-electron chi connectivity index (χ1n) is 8.28. The third-order valence-corrected chi connectivity index (χ3v) is 4.69. The fraction of sp³-hybridized carbons (Fsp3) is 0.529. The summed E-state index contributed by atoms with van der Waals surface area (Å²) >= 11 is 0. The summed E-state index contributed by atoms with van der Waals surface area (Å²) in [7, 11) is 0. The normalized spacial score (nSPS) is 23.0. The van der Waals surface area contributed by atoms with Gasteiger partial charge in [-0.3, -0.25) is 19.8 Å². The molecule has 1 unspecified atom stereocenters. The molecule has 6 heteroatoms. The van der Waals surface area contributed by atoms with Crippen LogP contribution in [-0.4, -0.2) is 56.0 Å². The van der Waals surface area contributed by atoms with E-state index < -0.39 is 0 Å². The minimum absolute atomic E-state index is 0.168. The quantitative estimate of drug-likeness (QED) is 0.781. The highest BCUT2D eigenvalue weighted by Gasteiger charge is 2.28. The lowest BCUT2D eigenvalue weighted by Crippen LogP contribution is -2.47. The molecule has 2 amide bonds. The van der Waals surface area contributed by atoms with E-state index >= 15 is 0 Å². The van der Waals surface area contributed by atoms with E-state index in [0.717, 1.165) is 44.0 Å². The zero-order chi connectivity index (χ0) is 16.2. The van der Waals surface area contributed by atoms with E-state index in [1.165, 1.54) is 0 Å². The number of carbonyl (C=O) groups excluding carboxylic acids is 2. The van der Waals surface area contributed by atoms with Crippen LogP contribution >= 0.6 is 0 Å². The smallest absolute Gasteiger partial charge is 0.234 e. The van der Waals surface area contributed by atoms with Crippen molar-refractivity contribution in [1.29, 1.82) is 0 Å². The predicted octanol–water partition coefficient (Wildman–Crippen LogP) is 0.287. The lowest BCUT2D eigenvalue weighted by Gasteiger charge is -2.36. The first-order valence-corrected chi connectivity index (χ1v) is 8.28. The van der Waals surface area contributed by atoms with Gasteiger partial charge in [0.05, 0.1) is 5.92 Å². The molecule has 124 valence electrons. The van der Waals surface area contributed by atoms with Gasteiger partial charge in [-0.15, -0.1) is 0 Å². The van der Waals surface area contributed by atoms with Gasteiger partial charge in [-0.25, -0.2) is 0 Å². The molecule has 0 radical (unpaired) electrons. The lowest BCUT2D eigenvalue weighted by atomic mass is 9.90. The van der Waals surface area contributed by atoms with Crippen LogP contribution in [0.3, 0.4) is 0 Å². The van der Waals surface area contributed by atoms with Crippen molar-refractivity contribution in [1.82, 2.24) is 10.2 Å². The Hall–Kier alpha value is -1.92. The van der Waals surface area contributed by atoms with E-state index in [0.29, 0.717) is 19.4 Å². The van der Waals surface area contributed by atoms with Crippen LogP contribution in [0, 0.1) is 0 Å². The predicted molar refractivity (Wildman–Crippen MR) is 89.3 cm³/mol. The second kappa shape index (κ2) is 7.10. The third kappa shape index (κ3) is 3.71. The Balaban J connectivity index is 1.68. The summed E-state index contributed by atoms with van der Waals surface area (Å²) < 4.78 is 0. The van der Waals surface area contributed by atoms with Crippen LogP contribution in [0.5, 0.6) is 0 Å². The Morgan fingerprint density at radius 1 is 1.17 bits per heavy atom. The van der Waals surface area contributed by atoms with Crippen LogP contribution < -0.4 is 16.0 Å². The van der Waals surface area contributed by atoms with E-state index in [1.54, 1.807) is 0 Å². The number of imide groups is 1. The van der Waals surface area contributed by atoms with Crippen molar-refractivity contribution < 1.29 is 9.59 Å². The highest BCUT2D eigenvalue weighted by atomic mass is 16.2. The molecule has 0 spiro atoms. The molecular weight excluding hydrogens is 292 g/mol. The highest BCUT2D eigenvalue weighted by Crippen LogP contribution is 2.28. The van der Waals surface area contributed by atoms with Gasteiger partial charge in [0.2, 0.25) is 11.8 Å². The van der Waals surface area contributed by atoms with E-state index in [-0.39, 0.29) is 17.7 Å². The van der Waals surface area contributed by atoms with E-state index in [9.17, 15) is 9.59 Å². The maximum absolute atomic E-state index is 12.0. The molecule has 0 aliphatic carbocycles. The summed E-state index contributed by atoms with van der Waals surface area (Å²) in [6.45, 7) is 5.62. The zero-order valence-electron chi connectivity index (χ0n) is 13.3. The number of benzene rings is 1. The van der Waals surface area contributed by atoms with Crippen molar-refractivity contribution in [2.75, 3.05) is 44.2 Å². The molecular formula is C17H24N4O2. The lowest BCUT2D eigenvalue weighted by molar-refractivity contribution is -0.134. The highest BCUT2D eigenvalue weighted by molar-refractivity contribution is 6.01. The molecule has 2 heterocycles. The van der Waals surface area contributed by atoms with Gasteiger partial charge in [-0.2, -0.15) is 0 Å². The van der Waals surface area contributed by atoms with Crippen molar-refractivity contribution in [3.8, 4) is 0 Å². The molecule has 1 aromatic rings. The second-order valence-corrected chi connectivity index (χ2v) is 6.22. The molecule has 1 atom stereocenters. The standard InChI is InChI=1S/C17H24N4O2/c18-6-7-20-8-10-21(11-9-20)14-3-1-2-13(12-14)15-4-5-16(22)19-17(15)23/h1-3,12,15H,4-11,18H2,(H,19,22,23). The maximum Gasteiger partial charge on any atom is 0.234 e. The molecule has 1 aromatic carbocycles. The number of nitrogens with zero attached hydrogens (tertiary/aromatic N) is 2. The van der Waals surface area contributed by atoms with Crippen molar-refractivity contribution in [3.05, 3.63) is 29.8 Å². The summed E-state index contributed by atoms with van der Waals surface area (Å²) in [6.07, 6.45) is 1.01. The fourth-order valence-electron chi connectivity index (χ4n) is 3.36. The Bertz CT molecular complexity index is 582. The molecule has 23 heavy (non-hydrogen) atoms. The van der Waals surface area contributed by atoms with Gasteiger partial charge in [-0.1, -0.05) is 12.1 Å². The van der Waals surface area contributed by atoms with Crippen molar-refractivity contribution in [2.45, 2.75) is 18.8 Å². The molecule has 2 aliphatic rings. The van der Waals surface area contributed by atoms with Crippen molar-refractivity contribution in [3.63, 3.8) is 0 Å². The monoisotopic (exact) mass is 316 g/mol. The van der Waals surface area contributed by atoms with Gasteiger partial charge in [0.1, 0.15) is 0 Å². The van der Waals surface area contributed by atoms with Crippen LogP contribution in [0.1, 0.15) is 24.3 Å². The summed E-state index contributed by atoms with van der Waals surface area (Å²) in [5.74, 6) is -0.559. The van der Waals surface area contributed by atoms with Crippen molar-refractivity contribution >= 4 is 17.5 Å². The minimum Gasteiger partial charge on any atom is -0.369 e. The Kier molecular flexibility index (Phi) is 4.93. The number of hydrogen-bond donors (Lipinski definition) is 2. The number of piperidine rings is 1. The van der Waals surface area contributed by atoms with Crippen LogP contribution in [-0.2, 0) is 9.59 Å². The van der Waals surface area contributed by atoms with Crippen LogP contribution in [0.2, 0.25) is 0 Å². The van der Waals surface area contributed by atoms with Gasteiger partial charge in [0.15, 0.2) is 0 Å². The number of piperazine rings is 1. The minimum atomic E-state index is -0.217. The van der Waals surface area contributed by atoms with Crippen LogP contribution in [0.4, 0.5) is 5.69 Å². The van der Waals surface area contributed by atoms with Crippen LogP contribution in [0.15, 0.2) is 24.3 Å². The van der Waals surface area contributed by atoms with Gasteiger partial charge < -0.3 is 10.6 Å². The fourth-order valence-corrected chi connectivity index (χ4v) is 3.36. The van der Waals surface area contributed by atoms with Gasteiger partial charge >= 0.3 is 0 Å². The molecule has 0 bridgehead atoms. The second-order valence-electron chi connectivity index (χ2n) is 6.22. The first kappa shape index (κ1) is 16.0. The zero-order valence-corrected chi connectivity index (χ0v) is 13.3. The molecule has 3 N–H and O–H groups in total. The number of carbonyl (C=O) groups is 2. The molecule has 6 nitrogen and oxygen atoms in total. The molecule has 2 saturated heterocycles. The van der Waals surface area contributed by atoms with Gasteiger partial charge in [0.25, 0.3) is 0 Å². The van der Waals surface area contributed by atoms with E-state index in [4.69, 9.17) is 5.73 Å². The van der Waals surface area contributed by atoms with Crippen LogP contribution in [0.25, 0.3) is 0 Å². The summed E-state index contributed by atoms with van der Waals surface area (Å²) in [6, 6.07) is 8.17. The number of nitrogens with two attached hydrogens (primary N) is 1. The molecule has 0 saturated carbocycles. The third-order valence-electron chi connectivity index (χ3n) is 4.69. The number of rotatable bonds is 4. The Morgan fingerprint density at radius 2 is 1.96 bits per heavy atom. The Morgan fingerprint density at radius 3 is 2.65 bits per heavy atom. The number of hydrogen-bond acceptors (Lipinski definition) is 5. The SMILES string of the molecule is NCCN1CCN(c2cccc(C3CCC(=O)NC3=O)c2)CC1. The average Bonchev–Trinajstić information content (AvgIpc) is 2.56. The number of anilines is 1. The molecule has 2 aliphatic heterocycles. The van der Waals surface area contributed by atoms with Gasteiger partial charge in [-0.05, 0) is 24.1 Å². The van der Waals surface area contributed by atoms with E-state index in [2.05, 4.69) is 27.2 Å². The van der Waals surface area contributed by atoms with Crippen molar-refractivity contribution in [2.24, 2.45) is 5.73 Å². The molecule has 2 fully saturated rings. The summed E-state index contributed by atoms with van der Waals surface area (Å²) in [5.41, 5.74) is 7.76. The first-order chi connectivity index (χ1) is 11.2. The Labute approximate surface area is 136 Å². The van der Waals surface area contributed by atoms with Gasteiger partial charge in [0, 0.05) is 51.4 Å². The van der Waals surface area contributed by atoms with E-state index in [1.807, 2.05) is 12.1 Å². The summed E-state index contributed by atoms with van der Waals surface area (Å²) in [4.78, 5) is 28.1. The maximum atomic E-state index is 12.0. The largest absolute Gasteiger partial charge is 0.369 e.